The lowest BCUT2D eigenvalue weighted by molar-refractivity contribution is -0.123. The van der Waals surface area contributed by atoms with E-state index >= 15 is 0 Å². The number of nitrogens with one attached hydrogen (secondary N) is 2. The molecular formula is C16H25ClN2O. The average molecular weight is 297 g/mol. The van der Waals surface area contributed by atoms with Gasteiger partial charge < -0.3 is 10.6 Å². The Labute approximate surface area is 127 Å². The van der Waals surface area contributed by atoms with Crippen molar-refractivity contribution in [2.24, 2.45) is 0 Å². The van der Waals surface area contributed by atoms with Gasteiger partial charge in [0.05, 0.1) is 6.04 Å². The number of amides is 1. The number of carbonyl (C=O) groups excluding carboxylic acids is 1. The summed E-state index contributed by atoms with van der Waals surface area (Å²) in [5, 5.41) is 6.30. The van der Waals surface area contributed by atoms with Crippen molar-refractivity contribution in [1.29, 1.82) is 0 Å². The van der Waals surface area contributed by atoms with Crippen molar-refractivity contribution < 1.29 is 4.79 Å². The summed E-state index contributed by atoms with van der Waals surface area (Å²) >= 11 is 0. The fourth-order valence-electron chi connectivity index (χ4n) is 2.45. The standard InChI is InChI=1S/C16H24N2O.ClH/c1-12-6-8-13(9-7-12)16(2,3)11-18-15(19)14-5-4-10-17-14;/h6-9,14,17H,4-5,10-11H2,1-3H3,(H,18,19);1H. The normalized spacial score (nSPS) is 18.4. The zero-order valence-corrected chi connectivity index (χ0v) is 13.3. The van der Waals surface area contributed by atoms with Gasteiger partial charge in [0.15, 0.2) is 0 Å². The number of benzene rings is 1. The monoisotopic (exact) mass is 296 g/mol. The molecule has 20 heavy (non-hydrogen) atoms. The van der Waals surface area contributed by atoms with Gasteiger partial charge in [-0.1, -0.05) is 43.7 Å². The van der Waals surface area contributed by atoms with E-state index in [1.165, 1.54) is 11.1 Å². The molecule has 0 saturated carbocycles. The summed E-state index contributed by atoms with van der Waals surface area (Å²) < 4.78 is 0. The van der Waals surface area contributed by atoms with Crippen molar-refractivity contribution in [1.82, 2.24) is 10.6 Å². The summed E-state index contributed by atoms with van der Waals surface area (Å²) in [4.78, 5) is 12.0. The van der Waals surface area contributed by atoms with Crippen LogP contribution in [0.15, 0.2) is 24.3 Å². The number of halogens is 1. The fourth-order valence-corrected chi connectivity index (χ4v) is 2.45. The Balaban J connectivity index is 0.00000200. The lowest BCUT2D eigenvalue weighted by Crippen LogP contribution is -2.45. The van der Waals surface area contributed by atoms with Crippen molar-refractivity contribution in [2.45, 2.75) is 45.1 Å². The Hall–Kier alpha value is -1.06. The highest BCUT2D eigenvalue weighted by Crippen LogP contribution is 2.22. The molecule has 112 valence electrons. The predicted molar refractivity (Wildman–Crippen MR) is 85.5 cm³/mol. The molecule has 1 aromatic carbocycles. The van der Waals surface area contributed by atoms with Crippen LogP contribution in [0.3, 0.4) is 0 Å². The topological polar surface area (TPSA) is 41.1 Å². The minimum absolute atomic E-state index is 0. The van der Waals surface area contributed by atoms with Crippen LogP contribution in [0.1, 0.15) is 37.8 Å². The second-order valence-corrected chi connectivity index (χ2v) is 6.12. The zero-order chi connectivity index (χ0) is 13.9. The van der Waals surface area contributed by atoms with E-state index in [1.54, 1.807) is 0 Å². The summed E-state index contributed by atoms with van der Waals surface area (Å²) in [6.45, 7) is 8.05. The minimum Gasteiger partial charge on any atom is -0.354 e. The van der Waals surface area contributed by atoms with Crippen LogP contribution in [-0.2, 0) is 10.2 Å². The third-order valence-corrected chi connectivity index (χ3v) is 3.91. The zero-order valence-electron chi connectivity index (χ0n) is 12.5. The van der Waals surface area contributed by atoms with E-state index in [1.807, 2.05) is 0 Å². The molecule has 1 aliphatic heterocycles. The van der Waals surface area contributed by atoms with Crippen LogP contribution in [0.25, 0.3) is 0 Å². The lowest BCUT2D eigenvalue weighted by atomic mass is 9.84. The molecule has 1 unspecified atom stereocenters. The molecule has 0 spiro atoms. The second-order valence-electron chi connectivity index (χ2n) is 6.12. The van der Waals surface area contributed by atoms with Gasteiger partial charge in [-0.2, -0.15) is 0 Å². The first-order valence-electron chi connectivity index (χ1n) is 7.07. The third kappa shape index (κ3) is 4.22. The Bertz CT molecular complexity index is 436. The molecule has 2 rings (SSSR count). The van der Waals surface area contributed by atoms with Crippen molar-refractivity contribution in [3.05, 3.63) is 35.4 Å². The highest BCUT2D eigenvalue weighted by molar-refractivity contribution is 5.85. The molecule has 1 fully saturated rings. The van der Waals surface area contributed by atoms with E-state index in [0.717, 1.165) is 19.4 Å². The van der Waals surface area contributed by atoms with E-state index in [-0.39, 0.29) is 29.8 Å². The summed E-state index contributed by atoms with van der Waals surface area (Å²) in [5.74, 6) is 0.137. The minimum atomic E-state index is -0.0397. The summed E-state index contributed by atoms with van der Waals surface area (Å²) in [6.07, 6.45) is 2.05. The van der Waals surface area contributed by atoms with Gasteiger partial charge >= 0.3 is 0 Å². The molecule has 0 aliphatic carbocycles. The smallest absolute Gasteiger partial charge is 0.237 e. The SMILES string of the molecule is Cc1ccc(C(C)(C)CNC(=O)C2CCCN2)cc1.Cl. The largest absolute Gasteiger partial charge is 0.354 e. The first-order chi connectivity index (χ1) is 8.99. The molecule has 3 nitrogen and oxygen atoms in total. The van der Waals surface area contributed by atoms with Crippen LogP contribution < -0.4 is 10.6 Å². The van der Waals surface area contributed by atoms with Gasteiger partial charge in [0.1, 0.15) is 0 Å². The van der Waals surface area contributed by atoms with E-state index < -0.39 is 0 Å². The maximum Gasteiger partial charge on any atom is 0.237 e. The van der Waals surface area contributed by atoms with E-state index in [0.29, 0.717) is 6.54 Å². The van der Waals surface area contributed by atoms with Gasteiger partial charge in [-0.05, 0) is 31.9 Å². The molecule has 2 N–H and O–H groups in total. The number of hydrogen-bond donors (Lipinski definition) is 2. The van der Waals surface area contributed by atoms with Gasteiger partial charge in [-0.15, -0.1) is 12.4 Å². The Morgan fingerprint density at radius 3 is 2.55 bits per heavy atom. The van der Waals surface area contributed by atoms with Crippen LogP contribution in [0.5, 0.6) is 0 Å². The Morgan fingerprint density at radius 2 is 2.00 bits per heavy atom. The molecule has 1 heterocycles. The highest BCUT2D eigenvalue weighted by Gasteiger charge is 2.25. The molecule has 1 atom stereocenters. The van der Waals surface area contributed by atoms with E-state index in [4.69, 9.17) is 0 Å². The third-order valence-electron chi connectivity index (χ3n) is 3.91. The van der Waals surface area contributed by atoms with Crippen molar-refractivity contribution >= 4 is 18.3 Å². The Kier molecular flexibility index (Phi) is 6.03. The van der Waals surface area contributed by atoms with Crippen LogP contribution in [0.2, 0.25) is 0 Å². The van der Waals surface area contributed by atoms with Gasteiger partial charge in [0, 0.05) is 12.0 Å². The number of aryl methyl sites for hydroxylation is 1. The number of carbonyl (C=O) groups is 1. The van der Waals surface area contributed by atoms with Gasteiger partial charge in [0.2, 0.25) is 5.91 Å². The van der Waals surface area contributed by atoms with E-state index in [2.05, 4.69) is 55.7 Å². The summed E-state index contributed by atoms with van der Waals surface area (Å²) in [5.41, 5.74) is 2.48. The van der Waals surface area contributed by atoms with Crippen molar-refractivity contribution in [3.63, 3.8) is 0 Å². The quantitative estimate of drug-likeness (QED) is 0.896. The molecule has 1 aliphatic rings. The van der Waals surface area contributed by atoms with Crippen LogP contribution in [0, 0.1) is 6.92 Å². The molecule has 1 amide bonds. The van der Waals surface area contributed by atoms with Crippen molar-refractivity contribution in [2.75, 3.05) is 13.1 Å². The molecular weight excluding hydrogens is 272 g/mol. The summed E-state index contributed by atoms with van der Waals surface area (Å²) in [7, 11) is 0. The van der Waals surface area contributed by atoms with Crippen molar-refractivity contribution in [3.8, 4) is 0 Å². The fraction of sp³-hybridized carbons (Fsp3) is 0.562. The molecule has 0 bridgehead atoms. The molecule has 4 heteroatoms. The molecule has 1 saturated heterocycles. The molecule has 1 aromatic rings. The second kappa shape index (κ2) is 7.09. The maximum absolute atomic E-state index is 12.0. The highest BCUT2D eigenvalue weighted by atomic mass is 35.5. The predicted octanol–water partition coefficient (Wildman–Crippen LogP) is 2.56. The first-order valence-corrected chi connectivity index (χ1v) is 7.07. The number of rotatable bonds is 4. The van der Waals surface area contributed by atoms with Gasteiger partial charge in [-0.25, -0.2) is 0 Å². The molecule has 0 aromatic heterocycles. The maximum atomic E-state index is 12.0. The van der Waals surface area contributed by atoms with Gasteiger partial charge in [-0.3, -0.25) is 4.79 Å². The molecule has 0 radical (unpaired) electrons. The van der Waals surface area contributed by atoms with Gasteiger partial charge in [0.25, 0.3) is 0 Å². The number of hydrogen-bond acceptors (Lipinski definition) is 2. The first kappa shape index (κ1) is 17.0. The average Bonchev–Trinajstić information content (AvgIpc) is 2.90. The van der Waals surface area contributed by atoms with Crippen LogP contribution >= 0.6 is 12.4 Å². The van der Waals surface area contributed by atoms with E-state index in [9.17, 15) is 4.79 Å². The summed E-state index contributed by atoms with van der Waals surface area (Å²) in [6, 6.07) is 8.55. The lowest BCUT2D eigenvalue weighted by Gasteiger charge is -2.26. The van der Waals surface area contributed by atoms with Crippen LogP contribution in [0.4, 0.5) is 0 Å². The Morgan fingerprint density at radius 1 is 1.35 bits per heavy atom. The van der Waals surface area contributed by atoms with Crippen LogP contribution in [-0.4, -0.2) is 25.0 Å².